The van der Waals surface area contributed by atoms with Crippen molar-refractivity contribution in [3.05, 3.63) is 22.2 Å². The van der Waals surface area contributed by atoms with Gasteiger partial charge in [-0.3, -0.25) is 14.5 Å². The number of nitro groups is 1. The van der Waals surface area contributed by atoms with Crippen LogP contribution in [-0.4, -0.2) is 41.5 Å². The molecular weight excluding hydrogens is 282 g/mol. The summed E-state index contributed by atoms with van der Waals surface area (Å²) < 4.78 is 10.0. The predicted molar refractivity (Wildman–Crippen MR) is 70.0 cm³/mol. The van der Waals surface area contributed by atoms with E-state index in [0.717, 1.165) is 4.90 Å². The van der Waals surface area contributed by atoms with Gasteiger partial charge in [0.1, 0.15) is 6.54 Å². The van der Waals surface area contributed by atoms with E-state index in [1.165, 1.54) is 12.1 Å². The van der Waals surface area contributed by atoms with Gasteiger partial charge in [0.2, 0.25) is 0 Å². The van der Waals surface area contributed by atoms with Gasteiger partial charge >= 0.3 is 11.8 Å². The Kier molecular flexibility index (Phi) is 4.31. The lowest BCUT2D eigenvalue weighted by Crippen LogP contribution is -2.43. The van der Waals surface area contributed by atoms with E-state index >= 15 is 0 Å². The molecule has 9 heteroatoms. The Morgan fingerprint density at radius 2 is 2.33 bits per heavy atom. The second-order valence-corrected chi connectivity index (χ2v) is 4.24. The van der Waals surface area contributed by atoms with Gasteiger partial charge < -0.3 is 19.6 Å². The third kappa shape index (κ3) is 3.25. The number of pyridine rings is 1. The highest BCUT2D eigenvalue weighted by Gasteiger charge is 2.33. The minimum atomic E-state index is -0.688. The first-order valence-electron chi connectivity index (χ1n) is 6.27. The first kappa shape index (κ1) is 14.7. The highest BCUT2D eigenvalue weighted by molar-refractivity contribution is 6.00. The number of nitrogens with zero attached hydrogens (tertiary/aromatic N) is 3. The average molecular weight is 295 g/mol. The molecule has 21 heavy (non-hydrogen) atoms. The van der Waals surface area contributed by atoms with E-state index in [1.807, 2.05) is 6.92 Å². The molecule has 0 radical (unpaired) electrons. The van der Waals surface area contributed by atoms with Gasteiger partial charge in [0, 0.05) is 6.07 Å². The highest BCUT2D eigenvalue weighted by Crippen LogP contribution is 2.31. The molecule has 0 bridgehead atoms. The van der Waals surface area contributed by atoms with Crippen LogP contribution in [0.4, 0.5) is 11.6 Å². The van der Waals surface area contributed by atoms with Crippen LogP contribution in [0.3, 0.4) is 0 Å². The summed E-state index contributed by atoms with van der Waals surface area (Å²) in [6.45, 7) is 1.47. The quantitative estimate of drug-likeness (QED) is 0.445. The maximum absolute atomic E-state index is 11.8. The van der Waals surface area contributed by atoms with E-state index in [0.29, 0.717) is 6.42 Å². The van der Waals surface area contributed by atoms with Gasteiger partial charge in [-0.05, 0) is 22.4 Å². The van der Waals surface area contributed by atoms with Crippen molar-refractivity contribution in [2.24, 2.45) is 0 Å². The standard InChI is InChI=1S/C12H13N3O6/c1-2-5-20-11(17)6-14-10(16)7-21-8-3-4-9(15(18)19)13-12(8)14/h3-4H,2,5-7H2,1H3. The summed E-state index contributed by atoms with van der Waals surface area (Å²) >= 11 is 0. The third-order valence-electron chi connectivity index (χ3n) is 2.67. The SMILES string of the molecule is CCCOC(=O)CN1C(=O)COc2ccc([N+](=O)[O-])nc21. The molecule has 9 nitrogen and oxygen atoms in total. The van der Waals surface area contributed by atoms with E-state index in [-0.39, 0.29) is 31.3 Å². The van der Waals surface area contributed by atoms with Crippen LogP contribution < -0.4 is 9.64 Å². The molecule has 0 saturated heterocycles. The Bertz CT molecular complexity index is 588. The monoisotopic (exact) mass is 295 g/mol. The summed E-state index contributed by atoms with van der Waals surface area (Å²) in [5.41, 5.74) is 0. The summed E-state index contributed by atoms with van der Waals surface area (Å²) in [5.74, 6) is -1.38. The number of carbonyl (C=O) groups is 2. The smallest absolute Gasteiger partial charge is 0.366 e. The third-order valence-corrected chi connectivity index (χ3v) is 2.67. The number of ether oxygens (including phenoxy) is 2. The highest BCUT2D eigenvalue weighted by atomic mass is 16.6. The maximum Gasteiger partial charge on any atom is 0.366 e. The number of anilines is 1. The van der Waals surface area contributed by atoms with Gasteiger partial charge in [-0.1, -0.05) is 6.92 Å². The molecule has 0 aliphatic carbocycles. The predicted octanol–water partition coefficient (Wildman–Crippen LogP) is 0.668. The van der Waals surface area contributed by atoms with Crippen molar-refractivity contribution in [1.82, 2.24) is 4.98 Å². The zero-order valence-corrected chi connectivity index (χ0v) is 11.3. The Balaban J connectivity index is 2.26. The molecule has 112 valence electrons. The summed E-state index contributed by atoms with van der Waals surface area (Å²) in [6, 6.07) is 2.51. The minimum absolute atomic E-state index is 0.0473. The van der Waals surface area contributed by atoms with Crippen LogP contribution in [0, 0.1) is 10.1 Å². The van der Waals surface area contributed by atoms with Gasteiger partial charge in [-0.25, -0.2) is 0 Å². The Labute approximate surface area is 119 Å². The number of rotatable bonds is 5. The van der Waals surface area contributed by atoms with Crippen molar-refractivity contribution in [1.29, 1.82) is 0 Å². The zero-order chi connectivity index (χ0) is 15.4. The lowest BCUT2D eigenvalue weighted by molar-refractivity contribution is -0.389. The molecule has 0 fully saturated rings. The molecule has 0 N–H and O–H groups in total. The molecular formula is C12H13N3O6. The molecule has 1 aliphatic rings. The summed E-state index contributed by atoms with van der Waals surface area (Å²) in [4.78, 5) is 38.3. The number of hydrogen-bond acceptors (Lipinski definition) is 7. The van der Waals surface area contributed by atoms with Crippen LogP contribution in [0.2, 0.25) is 0 Å². The fraction of sp³-hybridized carbons (Fsp3) is 0.417. The van der Waals surface area contributed by atoms with Crippen LogP contribution in [0.5, 0.6) is 5.75 Å². The number of fused-ring (bicyclic) bond motifs is 1. The summed E-state index contributed by atoms with van der Waals surface area (Å²) in [5, 5.41) is 10.7. The Morgan fingerprint density at radius 1 is 1.57 bits per heavy atom. The van der Waals surface area contributed by atoms with E-state index in [1.54, 1.807) is 0 Å². The first-order valence-corrected chi connectivity index (χ1v) is 6.27. The van der Waals surface area contributed by atoms with E-state index in [4.69, 9.17) is 9.47 Å². The van der Waals surface area contributed by atoms with Gasteiger partial charge in [-0.2, -0.15) is 0 Å². The first-order chi connectivity index (χ1) is 10.0. The van der Waals surface area contributed by atoms with Gasteiger partial charge in [0.25, 0.3) is 11.7 Å². The fourth-order valence-electron chi connectivity index (χ4n) is 1.72. The van der Waals surface area contributed by atoms with Crippen molar-refractivity contribution in [3.63, 3.8) is 0 Å². The van der Waals surface area contributed by atoms with Crippen LogP contribution in [-0.2, 0) is 14.3 Å². The molecule has 0 saturated carbocycles. The number of esters is 1. The van der Waals surface area contributed by atoms with Crippen LogP contribution >= 0.6 is 0 Å². The van der Waals surface area contributed by atoms with Gasteiger partial charge in [-0.15, -0.1) is 0 Å². The normalized spacial score (nSPS) is 13.4. The van der Waals surface area contributed by atoms with Gasteiger partial charge in [0.15, 0.2) is 12.4 Å². The maximum atomic E-state index is 11.8. The van der Waals surface area contributed by atoms with Crippen molar-refractivity contribution >= 4 is 23.5 Å². The van der Waals surface area contributed by atoms with Crippen molar-refractivity contribution in [2.45, 2.75) is 13.3 Å². The van der Waals surface area contributed by atoms with E-state index in [2.05, 4.69) is 4.98 Å². The van der Waals surface area contributed by atoms with E-state index in [9.17, 15) is 19.7 Å². The Morgan fingerprint density at radius 3 is 3.00 bits per heavy atom. The molecule has 1 aromatic heterocycles. The lowest BCUT2D eigenvalue weighted by atomic mass is 10.3. The summed E-state index contributed by atoms with van der Waals surface area (Å²) in [7, 11) is 0. The largest absolute Gasteiger partial charge is 0.477 e. The molecule has 0 unspecified atom stereocenters. The molecule has 0 spiro atoms. The molecule has 2 rings (SSSR count). The molecule has 1 aliphatic heterocycles. The molecule has 1 aromatic rings. The molecule has 1 amide bonds. The van der Waals surface area contributed by atoms with Crippen molar-refractivity contribution < 1.29 is 24.0 Å². The second kappa shape index (κ2) is 6.16. The topological polar surface area (TPSA) is 112 Å². The molecule has 2 heterocycles. The average Bonchev–Trinajstić information content (AvgIpc) is 2.47. The molecule has 0 aromatic carbocycles. The lowest BCUT2D eigenvalue weighted by Gasteiger charge is -2.24. The number of hydrogen-bond donors (Lipinski definition) is 0. The van der Waals surface area contributed by atoms with Crippen LogP contribution in [0.1, 0.15) is 13.3 Å². The summed E-state index contributed by atoms with van der Waals surface area (Å²) in [6.07, 6.45) is 0.656. The van der Waals surface area contributed by atoms with Crippen molar-refractivity contribution in [2.75, 3.05) is 24.7 Å². The number of amides is 1. The second-order valence-electron chi connectivity index (χ2n) is 4.24. The van der Waals surface area contributed by atoms with Gasteiger partial charge in [0.05, 0.1) is 6.61 Å². The number of carbonyl (C=O) groups excluding carboxylic acids is 2. The number of aromatic nitrogens is 1. The van der Waals surface area contributed by atoms with Crippen molar-refractivity contribution in [3.8, 4) is 5.75 Å². The molecule has 0 atom stereocenters. The zero-order valence-electron chi connectivity index (χ0n) is 11.3. The minimum Gasteiger partial charge on any atom is -0.477 e. The van der Waals surface area contributed by atoms with Crippen LogP contribution in [0.25, 0.3) is 0 Å². The fourth-order valence-corrected chi connectivity index (χ4v) is 1.72. The van der Waals surface area contributed by atoms with E-state index < -0.39 is 22.6 Å². The van der Waals surface area contributed by atoms with Crippen LogP contribution in [0.15, 0.2) is 12.1 Å². The Hall–Kier alpha value is -2.71.